The molecule has 144 valence electrons. The molecule has 0 spiro atoms. The maximum absolute atomic E-state index is 12.7. The predicted molar refractivity (Wildman–Crippen MR) is 106 cm³/mol. The highest BCUT2D eigenvalue weighted by atomic mass is 79.9. The Bertz CT molecular complexity index is 862. The van der Waals surface area contributed by atoms with Gasteiger partial charge < -0.3 is 14.8 Å². The summed E-state index contributed by atoms with van der Waals surface area (Å²) in [6, 6.07) is 5.30. The Kier molecular flexibility index (Phi) is 6.15. The van der Waals surface area contributed by atoms with Gasteiger partial charge in [-0.3, -0.25) is 0 Å². The van der Waals surface area contributed by atoms with Gasteiger partial charge in [-0.05, 0) is 38.5 Å². The summed E-state index contributed by atoms with van der Waals surface area (Å²) in [4.78, 5) is 17.0. The van der Waals surface area contributed by atoms with E-state index in [-0.39, 0.29) is 5.97 Å². The van der Waals surface area contributed by atoms with Crippen LogP contribution in [0.2, 0.25) is 0 Å². The summed E-state index contributed by atoms with van der Waals surface area (Å²) in [5.74, 6) is 0.910. The molecule has 1 aromatic heterocycles. The molecule has 3 rings (SSSR count). The van der Waals surface area contributed by atoms with Gasteiger partial charge in [0, 0.05) is 15.7 Å². The van der Waals surface area contributed by atoms with Crippen LogP contribution in [0, 0.1) is 0 Å². The van der Waals surface area contributed by atoms with Crippen molar-refractivity contribution in [1.82, 2.24) is 14.8 Å². The fraction of sp³-hybridized carbons (Fsp3) is 0.421. The summed E-state index contributed by atoms with van der Waals surface area (Å²) in [6.45, 7) is 6.65. The number of esters is 1. The lowest BCUT2D eigenvalue weighted by atomic mass is 9.95. The first-order valence-electron chi connectivity index (χ1n) is 9.03. The molecular weight excluding hydrogens is 412 g/mol. The van der Waals surface area contributed by atoms with Crippen molar-refractivity contribution in [2.24, 2.45) is 0 Å². The van der Waals surface area contributed by atoms with Crippen LogP contribution in [0.1, 0.15) is 45.2 Å². The molecular formula is C19H23BrN4O3. The number of nitrogens with zero attached hydrogens (tertiary/aromatic N) is 3. The van der Waals surface area contributed by atoms with Gasteiger partial charge in [-0.1, -0.05) is 29.3 Å². The smallest absolute Gasteiger partial charge is 0.338 e. The second-order valence-electron chi connectivity index (χ2n) is 6.20. The van der Waals surface area contributed by atoms with Crippen molar-refractivity contribution in [2.45, 2.75) is 39.7 Å². The number of allylic oxidation sites excluding steroid dienone is 1. The third kappa shape index (κ3) is 4.00. The predicted octanol–water partition coefficient (Wildman–Crippen LogP) is 4.07. The van der Waals surface area contributed by atoms with E-state index in [4.69, 9.17) is 9.47 Å². The highest BCUT2D eigenvalue weighted by molar-refractivity contribution is 9.10. The van der Waals surface area contributed by atoms with Gasteiger partial charge in [0.15, 0.2) is 0 Å². The molecule has 0 saturated heterocycles. The maximum Gasteiger partial charge on any atom is 0.338 e. The fourth-order valence-corrected chi connectivity index (χ4v) is 3.42. The quantitative estimate of drug-likeness (QED) is 0.522. The van der Waals surface area contributed by atoms with Crippen molar-refractivity contribution < 1.29 is 14.3 Å². The standard InChI is InChI=1S/C19H23BrN4O3/c1-4-6-9-27-15-8-7-13(20)10-14(15)17-16(18(25)26-5-2)12(3)23-19-21-11-22-24(17)19/h7-8,10-11,17H,4-6,9H2,1-3H3,(H,21,22,23). The van der Waals surface area contributed by atoms with Crippen molar-refractivity contribution >= 4 is 27.8 Å². The Hall–Kier alpha value is -2.35. The van der Waals surface area contributed by atoms with Crippen LogP contribution < -0.4 is 10.1 Å². The van der Waals surface area contributed by atoms with Gasteiger partial charge in [0.2, 0.25) is 5.95 Å². The largest absolute Gasteiger partial charge is 0.493 e. The van der Waals surface area contributed by atoms with E-state index in [1.165, 1.54) is 6.33 Å². The molecule has 1 aliphatic heterocycles. The van der Waals surface area contributed by atoms with Gasteiger partial charge in [0.05, 0.1) is 18.8 Å². The van der Waals surface area contributed by atoms with Crippen molar-refractivity contribution in [1.29, 1.82) is 0 Å². The molecule has 1 atom stereocenters. The molecule has 27 heavy (non-hydrogen) atoms. The Morgan fingerprint density at radius 3 is 2.93 bits per heavy atom. The number of nitrogens with one attached hydrogen (secondary N) is 1. The zero-order valence-electron chi connectivity index (χ0n) is 15.7. The molecule has 2 heterocycles. The molecule has 1 N–H and O–H groups in total. The van der Waals surface area contributed by atoms with Gasteiger partial charge in [0.25, 0.3) is 0 Å². The van der Waals surface area contributed by atoms with Gasteiger partial charge in [-0.15, -0.1) is 0 Å². The summed E-state index contributed by atoms with van der Waals surface area (Å²) < 4.78 is 13.9. The highest BCUT2D eigenvalue weighted by Crippen LogP contribution is 2.40. The first-order chi connectivity index (χ1) is 13.1. The van der Waals surface area contributed by atoms with Crippen molar-refractivity contribution in [2.75, 3.05) is 18.5 Å². The second-order valence-corrected chi connectivity index (χ2v) is 7.11. The lowest BCUT2D eigenvalue weighted by Gasteiger charge is -2.29. The minimum Gasteiger partial charge on any atom is -0.493 e. The van der Waals surface area contributed by atoms with E-state index in [1.54, 1.807) is 11.6 Å². The molecule has 7 nitrogen and oxygen atoms in total. The van der Waals surface area contributed by atoms with E-state index in [0.717, 1.165) is 28.6 Å². The monoisotopic (exact) mass is 434 g/mol. The van der Waals surface area contributed by atoms with E-state index < -0.39 is 6.04 Å². The average Bonchev–Trinajstić information content (AvgIpc) is 3.10. The third-order valence-electron chi connectivity index (χ3n) is 4.31. The van der Waals surface area contributed by atoms with Crippen LogP contribution in [0.3, 0.4) is 0 Å². The molecule has 1 aliphatic rings. The van der Waals surface area contributed by atoms with Crippen LogP contribution in [0.25, 0.3) is 0 Å². The van der Waals surface area contributed by atoms with Gasteiger partial charge in [-0.25, -0.2) is 9.48 Å². The topological polar surface area (TPSA) is 78.3 Å². The first kappa shape index (κ1) is 19.4. The zero-order valence-corrected chi connectivity index (χ0v) is 17.2. The third-order valence-corrected chi connectivity index (χ3v) is 4.80. The number of carbonyl (C=O) groups excluding carboxylic acids is 1. The van der Waals surface area contributed by atoms with E-state index in [1.807, 2.05) is 25.1 Å². The first-order valence-corrected chi connectivity index (χ1v) is 9.82. The molecule has 1 aromatic carbocycles. The SMILES string of the molecule is CCCCOc1ccc(Br)cc1C1C(C(=O)OCC)=C(C)Nc2ncnn21. The zero-order chi connectivity index (χ0) is 19.4. The molecule has 1 unspecified atom stereocenters. The molecule has 0 bridgehead atoms. The number of aromatic nitrogens is 3. The molecule has 0 fully saturated rings. The van der Waals surface area contributed by atoms with E-state index >= 15 is 0 Å². The molecule has 0 saturated carbocycles. The highest BCUT2D eigenvalue weighted by Gasteiger charge is 2.36. The van der Waals surface area contributed by atoms with Crippen LogP contribution in [-0.2, 0) is 9.53 Å². The minimum absolute atomic E-state index is 0.297. The summed E-state index contributed by atoms with van der Waals surface area (Å²) in [6.07, 6.45) is 3.46. The number of hydrogen-bond donors (Lipinski definition) is 1. The molecule has 8 heteroatoms. The fourth-order valence-electron chi connectivity index (χ4n) is 3.04. The summed E-state index contributed by atoms with van der Waals surface area (Å²) in [5, 5.41) is 7.47. The van der Waals surface area contributed by atoms with Crippen molar-refractivity contribution in [3.8, 4) is 5.75 Å². The van der Waals surface area contributed by atoms with Crippen LogP contribution in [0.4, 0.5) is 5.95 Å². The van der Waals surface area contributed by atoms with Gasteiger partial charge >= 0.3 is 5.97 Å². The number of unbranched alkanes of at least 4 members (excludes halogenated alkanes) is 1. The van der Waals surface area contributed by atoms with Crippen LogP contribution in [-0.4, -0.2) is 33.9 Å². The number of benzene rings is 1. The number of carbonyl (C=O) groups is 1. The lowest BCUT2D eigenvalue weighted by molar-refractivity contribution is -0.139. The molecule has 0 aliphatic carbocycles. The number of fused-ring (bicyclic) bond motifs is 1. The van der Waals surface area contributed by atoms with Crippen LogP contribution >= 0.6 is 15.9 Å². The Balaban J connectivity index is 2.12. The Morgan fingerprint density at radius 2 is 2.19 bits per heavy atom. The number of halogens is 1. The normalized spacial score (nSPS) is 15.9. The van der Waals surface area contributed by atoms with Crippen molar-refractivity contribution in [3.05, 3.63) is 45.8 Å². The summed E-state index contributed by atoms with van der Waals surface area (Å²) >= 11 is 3.53. The lowest BCUT2D eigenvalue weighted by Crippen LogP contribution is -2.30. The summed E-state index contributed by atoms with van der Waals surface area (Å²) in [5.41, 5.74) is 2.02. The van der Waals surface area contributed by atoms with E-state index in [9.17, 15) is 4.79 Å². The number of rotatable bonds is 7. The van der Waals surface area contributed by atoms with Crippen molar-refractivity contribution in [3.63, 3.8) is 0 Å². The number of anilines is 1. The van der Waals surface area contributed by atoms with E-state index in [0.29, 0.717) is 30.4 Å². The second kappa shape index (κ2) is 8.56. The minimum atomic E-state index is -0.489. The molecule has 0 amide bonds. The molecule has 0 radical (unpaired) electrons. The molecule has 2 aromatic rings. The van der Waals surface area contributed by atoms with E-state index in [2.05, 4.69) is 38.3 Å². The number of ether oxygens (including phenoxy) is 2. The Morgan fingerprint density at radius 1 is 1.37 bits per heavy atom. The van der Waals surface area contributed by atoms with Gasteiger partial charge in [0.1, 0.15) is 18.1 Å². The van der Waals surface area contributed by atoms with Crippen LogP contribution in [0.15, 0.2) is 40.3 Å². The average molecular weight is 435 g/mol. The van der Waals surface area contributed by atoms with Crippen LogP contribution in [0.5, 0.6) is 5.75 Å². The number of hydrogen-bond acceptors (Lipinski definition) is 6. The maximum atomic E-state index is 12.7. The Labute approximate surface area is 166 Å². The van der Waals surface area contributed by atoms with Gasteiger partial charge in [-0.2, -0.15) is 10.1 Å². The summed E-state index contributed by atoms with van der Waals surface area (Å²) in [7, 11) is 0.